The van der Waals surface area contributed by atoms with Crippen molar-refractivity contribution in [3.63, 3.8) is 0 Å². The van der Waals surface area contributed by atoms with Crippen LogP contribution in [0.4, 0.5) is 10.1 Å². The van der Waals surface area contributed by atoms with E-state index in [-0.39, 0.29) is 40.7 Å². The summed E-state index contributed by atoms with van der Waals surface area (Å²) in [5, 5.41) is 17.3. The molecule has 12 heteroatoms. The Bertz CT molecular complexity index is 1850. The third-order valence-electron chi connectivity index (χ3n) is 9.89. The number of fused-ring (bicyclic) bond motifs is 1. The van der Waals surface area contributed by atoms with Crippen LogP contribution < -0.4 is 4.90 Å². The van der Waals surface area contributed by atoms with Crippen LogP contribution in [-0.4, -0.2) is 86.3 Å². The zero-order valence-electron chi connectivity index (χ0n) is 26.4. The first-order valence-electron chi connectivity index (χ1n) is 16.4. The molecule has 2 fully saturated rings. The summed E-state index contributed by atoms with van der Waals surface area (Å²) in [4.78, 5) is 46.3. The summed E-state index contributed by atoms with van der Waals surface area (Å²) in [6.45, 7) is 4.50. The largest absolute Gasteiger partial charge is 0.478 e. The zero-order valence-corrected chi connectivity index (χ0v) is 27.2. The predicted molar refractivity (Wildman–Crippen MR) is 178 cm³/mol. The number of aromatic carboxylic acids is 1. The maximum Gasteiger partial charge on any atom is 0.335 e. The van der Waals surface area contributed by atoms with Crippen molar-refractivity contribution in [3.05, 3.63) is 106 Å². The first-order chi connectivity index (χ1) is 23.3. The second-order valence-electron chi connectivity index (χ2n) is 12.7. The van der Waals surface area contributed by atoms with Crippen LogP contribution in [0, 0.1) is 5.82 Å². The molecule has 0 radical (unpaired) electrons. The van der Waals surface area contributed by atoms with Gasteiger partial charge in [-0.25, -0.2) is 13.9 Å². The fraction of sp³-hybridized carbons (Fsp3) is 0.361. The summed E-state index contributed by atoms with van der Waals surface area (Å²) >= 11 is 5.97. The van der Waals surface area contributed by atoms with Crippen molar-refractivity contribution in [2.24, 2.45) is 0 Å². The summed E-state index contributed by atoms with van der Waals surface area (Å²) in [6.07, 6.45) is 6.62. The van der Waals surface area contributed by atoms with Gasteiger partial charge in [-0.1, -0.05) is 47.1 Å². The summed E-state index contributed by atoms with van der Waals surface area (Å²) in [6, 6.07) is 16.4. The third-order valence-corrected chi connectivity index (χ3v) is 10.2. The Balaban J connectivity index is 1.19. The Kier molecular flexibility index (Phi) is 8.98. The number of aromatic nitrogens is 3. The molecule has 4 heterocycles. The molecule has 3 aromatic carbocycles. The number of anilines is 1. The van der Waals surface area contributed by atoms with E-state index in [0.717, 1.165) is 47.4 Å². The first-order valence-corrected chi connectivity index (χ1v) is 16.8. The molecule has 1 amide bonds. The van der Waals surface area contributed by atoms with Gasteiger partial charge in [0.15, 0.2) is 17.3 Å². The minimum absolute atomic E-state index is 0.000339. The van der Waals surface area contributed by atoms with Crippen molar-refractivity contribution in [3.8, 4) is 5.69 Å². The molecular weight excluding hydrogens is 635 g/mol. The Hall–Kier alpha value is -4.61. The first kappa shape index (κ1) is 32.0. The van der Waals surface area contributed by atoms with Crippen molar-refractivity contribution in [2.75, 3.05) is 37.6 Å². The molecular formula is C36H36ClFN6O4. The number of nitrogens with zero attached hydrogens (tertiary/aromatic N) is 6. The quantitative estimate of drug-likeness (QED) is 0.266. The van der Waals surface area contributed by atoms with Crippen molar-refractivity contribution >= 4 is 34.9 Å². The number of hydrogen-bond donors (Lipinski definition) is 1. The fourth-order valence-corrected chi connectivity index (χ4v) is 7.62. The van der Waals surface area contributed by atoms with E-state index in [2.05, 4.69) is 26.2 Å². The van der Waals surface area contributed by atoms with E-state index in [1.54, 1.807) is 18.2 Å². The topological polar surface area (TPSA) is 112 Å². The number of carboxylic acids is 1. The number of hydrogen-bond acceptors (Lipinski definition) is 7. The highest BCUT2D eigenvalue weighted by Crippen LogP contribution is 2.38. The van der Waals surface area contributed by atoms with E-state index >= 15 is 0 Å². The van der Waals surface area contributed by atoms with E-state index in [1.165, 1.54) is 61.3 Å². The van der Waals surface area contributed by atoms with Gasteiger partial charge in [-0.05, 0) is 92.2 Å². The lowest BCUT2D eigenvalue weighted by atomic mass is 9.86. The molecule has 0 aliphatic carbocycles. The molecule has 10 nitrogen and oxygen atoms in total. The Morgan fingerprint density at radius 3 is 2.33 bits per heavy atom. The van der Waals surface area contributed by atoms with Gasteiger partial charge in [0.25, 0.3) is 5.91 Å². The molecule has 3 aliphatic heterocycles. The number of ketones is 1. The number of rotatable bonds is 8. The molecule has 0 spiro atoms. The minimum Gasteiger partial charge on any atom is -0.478 e. The number of Topliss-reactive ketones (excluding diaryl/α,β-unsaturated/α-hetero) is 1. The lowest BCUT2D eigenvalue weighted by molar-refractivity contribution is -0.123. The van der Waals surface area contributed by atoms with E-state index in [1.807, 2.05) is 12.1 Å². The maximum absolute atomic E-state index is 14.8. The van der Waals surface area contributed by atoms with Crippen molar-refractivity contribution in [1.82, 2.24) is 24.8 Å². The molecule has 48 heavy (non-hydrogen) atoms. The predicted octanol–water partition coefficient (Wildman–Crippen LogP) is 5.37. The molecule has 0 saturated carbocycles. The van der Waals surface area contributed by atoms with Crippen LogP contribution in [0.15, 0.2) is 66.9 Å². The van der Waals surface area contributed by atoms with Gasteiger partial charge in [0.2, 0.25) is 0 Å². The van der Waals surface area contributed by atoms with Crippen LogP contribution in [0.2, 0.25) is 5.02 Å². The monoisotopic (exact) mass is 670 g/mol. The highest BCUT2D eigenvalue weighted by molar-refractivity contribution is 6.30. The lowest BCUT2D eigenvalue weighted by Gasteiger charge is -2.41. The zero-order chi connectivity index (χ0) is 33.4. The normalized spacial score (nSPS) is 18.6. The number of likely N-dealkylation sites (tertiary alicyclic amines) is 1. The number of carboxylic acid groups (broad SMARTS) is 1. The van der Waals surface area contributed by atoms with E-state index < -0.39 is 23.7 Å². The number of carbonyl (C=O) groups excluding carboxylic acids is 2. The van der Waals surface area contributed by atoms with Gasteiger partial charge in [0.1, 0.15) is 11.7 Å². The molecule has 1 unspecified atom stereocenters. The molecule has 1 N–H and O–H groups in total. The van der Waals surface area contributed by atoms with Gasteiger partial charge in [-0.15, -0.1) is 5.10 Å². The average Bonchev–Trinajstić information content (AvgIpc) is 3.82. The number of benzene rings is 3. The second kappa shape index (κ2) is 13.5. The van der Waals surface area contributed by atoms with Gasteiger partial charge in [0, 0.05) is 37.8 Å². The van der Waals surface area contributed by atoms with Gasteiger partial charge in [-0.2, -0.15) is 0 Å². The Morgan fingerprint density at radius 2 is 1.60 bits per heavy atom. The second-order valence-corrected chi connectivity index (χ2v) is 13.1. The standard InChI is InChI=1S/C36H36ClFN6O4/c37-28-6-4-8-31(33(28)38)44-22-29(39-40-44)35(46)43-20-15-26-27(34(43)32(45)21-23-9-11-24(12-10-23)36(47)48)5-3-7-30(26)42-18-13-25(14-19-42)41-16-1-2-17-41/h3-12,22,25,34H,1-2,13-21H2,(H,47,48). The Morgan fingerprint density at radius 1 is 0.896 bits per heavy atom. The summed E-state index contributed by atoms with van der Waals surface area (Å²) < 4.78 is 15.9. The van der Waals surface area contributed by atoms with E-state index in [0.29, 0.717) is 18.0 Å². The third kappa shape index (κ3) is 6.20. The van der Waals surface area contributed by atoms with Crippen LogP contribution >= 0.6 is 11.6 Å². The average molecular weight is 671 g/mol. The SMILES string of the molecule is O=C(O)c1ccc(CC(=O)C2c3cccc(N4CCC(N5CCCC5)CC4)c3CCN2C(=O)c2cn(-c3cccc(Cl)c3F)nn2)cc1. The molecule has 2 saturated heterocycles. The molecule has 1 aromatic heterocycles. The number of piperidine rings is 1. The smallest absolute Gasteiger partial charge is 0.335 e. The van der Waals surface area contributed by atoms with Gasteiger partial charge in [-0.3, -0.25) is 9.59 Å². The minimum atomic E-state index is -1.05. The molecule has 248 valence electrons. The molecule has 3 aliphatic rings. The van der Waals surface area contributed by atoms with Gasteiger partial charge in [0.05, 0.1) is 16.8 Å². The summed E-state index contributed by atoms with van der Waals surface area (Å²) in [7, 11) is 0. The van der Waals surface area contributed by atoms with Crippen molar-refractivity contribution in [2.45, 2.75) is 50.6 Å². The lowest BCUT2D eigenvalue weighted by Crippen LogP contribution is -2.46. The molecule has 4 aromatic rings. The van der Waals surface area contributed by atoms with E-state index in [9.17, 15) is 23.9 Å². The van der Waals surface area contributed by atoms with Gasteiger partial charge >= 0.3 is 5.97 Å². The number of carbonyl (C=O) groups is 3. The highest BCUT2D eigenvalue weighted by Gasteiger charge is 2.39. The highest BCUT2D eigenvalue weighted by atomic mass is 35.5. The van der Waals surface area contributed by atoms with Gasteiger partial charge < -0.3 is 19.8 Å². The fourth-order valence-electron chi connectivity index (χ4n) is 7.45. The molecule has 7 rings (SSSR count). The summed E-state index contributed by atoms with van der Waals surface area (Å²) in [5.74, 6) is -2.43. The van der Waals surface area contributed by atoms with Crippen LogP contribution in [0.1, 0.15) is 69.3 Å². The number of halogens is 2. The van der Waals surface area contributed by atoms with Crippen LogP contribution in [0.5, 0.6) is 0 Å². The van der Waals surface area contributed by atoms with Crippen molar-refractivity contribution in [1.29, 1.82) is 0 Å². The molecule has 1 atom stereocenters. The maximum atomic E-state index is 14.8. The van der Waals surface area contributed by atoms with Crippen LogP contribution in [0.3, 0.4) is 0 Å². The van der Waals surface area contributed by atoms with Crippen LogP contribution in [-0.2, 0) is 17.6 Å². The van der Waals surface area contributed by atoms with Crippen molar-refractivity contribution < 1.29 is 23.9 Å². The summed E-state index contributed by atoms with van der Waals surface area (Å²) in [5.41, 5.74) is 3.73. The van der Waals surface area contributed by atoms with E-state index in [4.69, 9.17) is 11.6 Å². The van der Waals surface area contributed by atoms with Crippen LogP contribution in [0.25, 0.3) is 5.69 Å². The number of amides is 1. The molecule has 0 bridgehead atoms. The Labute approximate surface area is 282 Å².